The molecule has 0 fully saturated rings. The molecule has 0 amide bonds. The zero-order valence-corrected chi connectivity index (χ0v) is 14.2. The molecule has 0 unspecified atom stereocenters. The van der Waals surface area contributed by atoms with Crippen molar-refractivity contribution in [1.82, 2.24) is 9.97 Å². The number of aryl methyl sites for hydroxylation is 1. The Morgan fingerprint density at radius 1 is 0.680 bits per heavy atom. The number of hydrogen-bond acceptors (Lipinski definition) is 3. The van der Waals surface area contributed by atoms with Crippen LogP contribution < -0.4 is 4.74 Å². The lowest BCUT2D eigenvalue weighted by atomic mass is 10.0. The Hall–Kier alpha value is -3.20. The zero-order chi connectivity index (χ0) is 17.2. The Bertz CT molecular complexity index is 1030. The molecule has 0 N–H and O–H groups in total. The number of hydrogen-bond donors (Lipinski definition) is 0. The average molecular weight is 326 g/mol. The van der Waals surface area contributed by atoms with Gasteiger partial charge in [0.15, 0.2) is 0 Å². The lowest BCUT2D eigenvalue weighted by Gasteiger charge is -2.12. The maximum absolute atomic E-state index is 5.27. The lowest BCUT2D eigenvalue weighted by molar-refractivity contribution is 0.415. The van der Waals surface area contributed by atoms with Gasteiger partial charge < -0.3 is 4.74 Å². The van der Waals surface area contributed by atoms with E-state index in [-0.39, 0.29) is 0 Å². The molecule has 0 bridgehead atoms. The van der Waals surface area contributed by atoms with Crippen LogP contribution in [0.5, 0.6) is 5.75 Å². The van der Waals surface area contributed by atoms with Gasteiger partial charge in [-0.1, -0.05) is 42.5 Å². The molecule has 0 atom stereocenters. The van der Waals surface area contributed by atoms with E-state index in [9.17, 15) is 0 Å². The molecule has 0 aliphatic rings. The van der Waals surface area contributed by atoms with Crippen LogP contribution in [-0.4, -0.2) is 17.1 Å². The van der Waals surface area contributed by atoms with Crippen molar-refractivity contribution in [3.63, 3.8) is 0 Å². The van der Waals surface area contributed by atoms with E-state index in [1.165, 1.54) is 0 Å². The number of aromatic nitrogens is 2. The van der Waals surface area contributed by atoms with Crippen molar-refractivity contribution in [3.8, 4) is 28.3 Å². The molecule has 0 aliphatic carbocycles. The number of para-hydroxylation sites is 1. The molecular formula is C22H18N2O. The molecule has 3 nitrogen and oxygen atoms in total. The molecule has 1 heterocycles. The van der Waals surface area contributed by atoms with Crippen molar-refractivity contribution in [1.29, 1.82) is 0 Å². The minimum atomic E-state index is 0.829. The largest absolute Gasteiger partial charge is 0.497 e. The molecule has 1 aromatic heterocycles. The van der Waals surface area contributed by atoms with Crippen LogP contribution in [0.4, 0.5) is 0 Å². The van der Waals surface area contributed by atoms with Crippen molar-refractivity contribution in [2.75, 3.05) is 7.11 Å². The monoisotopic (exact) mass is 326 g/mol. The fourth-order valence-electron chi connectivity index (χ4n) is 2.96. The SMILES string of the molecule is COc1ccc(-c2nc3c(C)cccc3nc2-c2ccccc2)cc1. The van der Waals surface area contributed by atoms with Crippen LogP contribution in [0.25, 0.3) is 33.5 Å². The van der Waals surface area contributed by atoms with Crippen LogP contribution in [0.1, 0.15) is 5.56 Å². The molecule has 0 aliphatic heterocycles. The molecule has 4 rings (SSSR count). The number of benzene rings is 3. The first kappa shape index (κ1) is 15.3. The molecule has 4 aromatic rings. The summed E-state index contributed by atoms with van der Waals surface area (Å²) in [6.45, 7) is 2.07. The molecule has 122 valence electrons. The summed E-state index contributed by atoms with van der Waals surface area (Å²) in [6.07, 6.45) is 0. The minimum absolute atomic E-state index is 0.829. The molecular weight excluding hydrogens is 308 g/mol. The van der Waals surface area contributed by atoms with E-state index >= 15 is 0 Å². The number of ether oxygens (including phenoxy) is 1. The van der Waals surface area contributed by atoms with Crippen LogP contribution in [0, 0.1) is 6.92 Å². The highest BCUT2D eigenvalue weighted by molar-refractivity contribution is 5.87. The Kier molecular flexibility index (Phi) is 3.90. The number of fused-ring (bicyclic) bond motifs is 1. The number of nitrogens with zero attached hydrogens (tertiary/aromatic N) is 2. The normalized spacial score (nSPS) is 10.8. The second-order valence-electron chi connectivity index (χ2n) is 5.96. The summed E-state index contributed by atoms with van der Waals surface area (Å²) < 4.78 is 5.27. The maximum Gasteiger partial charge on any atom is 0.118 e. The zero-order valence-electron chi connectivity index (χ0n) is 14.2. The molecule has 0 spiro atoms. The van der Waals surface area contributed by atoms with Gasteiger partial charge in [0, 0.05) is 11.1 Å². The first-order valence-electron chi connectivity index (χ1n) is 8.23. The molecule has 3 heteroatoms. The summed E-state index contributed by atoms with van der Waals surface area (Å²) in [5.74, 6) is 0.829. The van der Waals surface area contributed by atoms with Crippen molar-refractivity contribution >= 4 is 11.0 Å². The van der Waals surface area contributed by atoms with Crippen LogP contribution in [-0.2, 0) is 0 Å². The minimum Gasteiger partial charge on any atom is -0.497 e. The van der Waals surface area contributed by atoms with E-state index in [4.69, 9.17) is 14.7 Å². The Labute approximate surface area is 147 Å². The third-order valence-corrected chi connectivity index (χ3v) is 4.31. The number of rotatable bonds is 3. The van der Waals surface area contributed by atoms with Crippen molar-refractivity contribution in [3.05, 3.63) is 78.4 Å². The topological polar surface area (TPSA) is 35.0 Å². The lowest BCUT2D eigenvalue weighted by Crippen LogP contribution is -1.96. The quantitative estimate of drug-likeness (QED) is 0.514. The number of methoxy groups -OCH3 is 1. The van der Waals surface area contributed by atoms with Gasteiger partial charge in [0.2, 0.25) is 0 Å². The van der Waals surface area contributed by atoms with Crippen molar-refractivity contribution in [2.24, 2.45) is 0 Å². The van der Waals surface area contributed by atoms with Gasteiger partial charge in [-0.05, 0) is 42.8 Å². The Balaban J connectivity index is 2.00. The molecule has 0 saturated carbocycles. The van der Waals surface area contributed by atoms with Crippen molar-refractivity contribution in [2.45, 2.75) is 6.92 Å². The molecule has 0 radical (unpaired) electrons. The second kappa shape index (κ2) is 6.36. The maximum atomic E-state index is 5.27. The van der Waals surface area contributed by atoms with E-state index in [0.717, 1.165) is 44.9 Å². The summed E-state index contributed by atoms with van der Waals surface area (Å²) in [4.78, 5) is 9.90. The van der Waals surface area contributed by atoms with Gasteiger partial charge in [-0.25, -0.2) is 9.97 Å². The summed E-state index contributed by atoms with van der Waals surface area (Å²) in [6, 6.07) is 24.3. The van der Waals surface area contributed by atoms with E-state index in [1.807, 2.05) is 54.6 Å². The van der Waals surface area contributed by atoms with Gasteiger partial charge in [0.25, 0.3) is 0 Å². The second-order valence-corrected chi connectivity index (χ2v) is 5.96. The first-order chi connectivity index (χ1) is 12.3. The Morgan fingerprint density at radius 3 is 2.08 bits per heavy atom. The molecule has 0 saturated heterocycles. The van der Waals surface area contributed by atoms with E-state index < -0.39 is 0 Å². The highest BCUT2D eigenvalue weighted by Gasteiger charge is 2.14. The van der Waals surface area contributed by atoms with Gasteiger partial charge in [-0.3, -0.25) is 0 Å². The van der Waals surface area contributed by atoms with Gasteiger partial charge >= 0.3 is 0 Å². The van der Waals surface area contributed by atoms with Crippen molar-refractivity contribution < 1.29 is 4.74 Å². The standard InChI is InChI=1S/C22H18N2O/c1-15-7-6-10-19-20(15)24-22(17-11-13-18(25-2)14-12-17)21(23-19)16-8-4-3-5-9-16/h3-14H,1-2H3. The van der Waals surface area contributed by atoms with E-state index in [1.54, 1.807) is 7.11 Å². The molecule has 25 heavy (non-hydrogen) atoms. The van der Waals surface area contributed by atoms with Crippen LogP contribution in [0.2, 0.25) is 0 Å². The average Bonchev–Trinajstić information content (AvgIpc) is 2.68. The smallest absolute Gasteiger partial charge is 0.118 e. The van der Waals surface area contributed by atoms with Gasteiger partial charge in [-0.2, -0.15) is 0 Å². The molecule has 3 aromatic carbocycles. The third kappa shape index (κ3) is 2.85. The first-order valence-corrected chi connectivity index (χ1v) is 8.23. The Morgan fingerprint density at radius 2 is 1.36 bits per heavy atom. The van der Waals surface area contributed by atoms with Crippen LogP contribution in [0.15, 0.2) is 72.8 Å². The highest BCUT2D eigenvalue weighted by atomic mass is 16.5. The fraction of sp³-hybridized carbons (Fsp3) is 0.0909. The van der Waals surface area contributed by atoms with Gasteiger partial charge in [0.1, 0.15) is 5.75 Å². The third-order valence-electron chi connectivity index (χ3n) is 4.31. The summed E-state index contributed by atoms with van der Waals surface area (Å²) >= 11 is 0. The predicted octanol–water partition coefficient (Wildman–Crippen LogP) is 5.28. The summed E-state index contributed by atoms with van der Waals surface area (Å²) in [7, 11) is 1.67. The van der Waals surface area contributed by atoms with Crippen LogP contribution in [0.3, 0.4) is 0 Å². The van der Waals surface area contributed by atoms with Crippen LogP contribution >= 0.6 is 0 Å². The van der Waals surface area contributed by atoms with E-state index in [0.29, 0.717) is 0 Å². The summed E-state index contributed by atoms with van der Waals surface area (Å²) in [5, 5.41) is 0. The highest BCUT2D eigenvalue weighted by Crippen LogP contribution is 2.32. The van der Waals surface area contributed by atoms with Gasteiger partial charge in [0.05, 0.1) is 29.5 Å². The predicted molar refractivity (Wildman–Crippen MR) is 102 cm³/mol. The summed E-state index contributed by atoms with van der Waals surface area (Å²) in [5.41, 5.74) is 6.84. The van der Waals surface area contributed by atoms with E-state index in [2.05, 4.69) is 25.1 Å². The van der Waals surface area contributed by atoms with Gasteiger partial charge in [-0.15, -0.1) is 0 Å². The fourth-order valence-corrected chi connectivity index (χ4v) is 2.96.